The van der Waals surface area contributed by atoms with Gasteiger partial charge in [0.1, 0.15) is 0 Å². The Hall–Kier alpha value is -1.38. The van der Waals surface area contributed by atoms with E-state index in [1.54, 1.807) is 0 Å². The zero-order chi connectivity index (χ0) is 18.2. The Bertz CT molecular complexity index is 669. The van der Waals surface area contributed by atoms with Crippen LogP contribution in [-0.2, 0) is 6.42 Å². The monoisotopic (exact) mass is 368 g/mol. The maximum atomic E-state index is 10.3. The summed E-state index contributed by atoms with van der Waals surface area (Å²) in [5.74, 6) is 0.704. The molecule has 140 valence electrons. The predicted molar refractivity (Wildman–Crippen MR) is 114 cm³/mol. The molecule has 1 aliphatic carbocycles. The first-order chi connectivity index (χ1) is 12.8. The van der Waals surface area contributed by atoms with Crippen LogP contribution in [-0.4, -0.2) is 5.11 Å². The molecule has 1 unspecified atom stereocenters. The van der Waals surface area contributed by atoms with Gasteiger partial charge in [0, 0.05) is 4.88 Å². The van der Waals surface area contributed by atoms with Crippen molar-refractivity contribution in [3.8, 4) is 0 Å². The molecule has 2 heteroatoms. The first-order valence-corrected chi connectivity index (χ1v) is 11.2. The smallest absolute Gasteiger partial charge is 0.0790 e. The number of aliphatic hydroxyl groups excluding tert-OH is 1. The van der Waals surface area contributed by atoms with Gasteiger partial charge in [-0.1, -0.05) is 62.6 Å². The van der Waals surface area contributed by atoms with Crippen LogP contribution in [0.5, 0.6) is 0 Å². The fourth-order valence-electron chi connectivity index (χ4n) is 4.05. The second kappa shape index (κ2) is 10.1. The standard InChI is InChI=1S/C24H32OS/c1-2-3-4-13-24(25)21-16-14-20(15-17-21)23-12-6-9-19(23)8-5-10-22-11-7-18-26-22/h7,11-12,14-19,24-25H,2-6,8-10,13H2,1H3/t19?,24-/m0/s1. The molecular formula is C24H32OS. The summed E-state index contributed by atoms with van der Waals surface area (Å²) in [6, 6.07) is 13.1. The number of benzene rings is 1. The summed E-state index contributed by atoms with van der Waals surface area (Å²) < 4.78 is 0. The van der Waals surface area contributed by atoms with Crippen LogP contribution in [0, 0.1) is 5.92 Å². The van der Waals surface area contributed by atoms with Gasteiger partial charge in [0.15, 0.2) is 0 Å². The molecule has 0 bridgehead atoms. The van der Waals surface area contributed by atoms with Gasteiger partial charge in [-0.3, -0.25) is 0 Å². The third-order valence-electron chi connectivity index (χ3n) is 5.58. The third-order valence-corrected chi connectivity index (χ3v) is 6.52. The average Bonchev–Trinajstić information content (AvgIpc) is 3.34. The highest BCUT2D eigenvalue weighted by Gasteiger charge is 2.20. The molecule has 2 atom stereocenters. The summed E-state index contributed by atoms with van der Waals surface area (Å²) in [7, 11) is 0. The Balaban J connectivity index is 1.53. The molecule has 0 saturated carbocycles. The highest BCUT2D eigenvalue weighted by molar-refractivity contribution is 7.09. The number of allylic oxidation sites excluding steroid dienone is 2. The first kappa shape index (κ1) is 19.4. The predicted octanol–water partition coefficient (Wildman–Crippen LogP) is 7.18. The van der Waals surface area contributed by atoms with E-state index in [0.717, 1.165) is 18.4 Å². The van der Waals surface area contributed by atoms with Crippen LogP contribution in [0.4, 0.5) is 0 Å². The summed E-state index contributed by atoms with van der Waals surface area (Å²) in [5, 5.41) is 12.5. The van der Waals surface area contributed by atoms with Gasteiger partial charge in [-0.25, -0.2) is 0 Å². The molecule has 0 radical (unpaired) electrons. The van der Waals surface area contributed by atoms with Crippen molar-refractivity contribution in [1.29, 1.82) is 0 Å². The maximum absolute atomic E-state index is 10.3. The number of aryl methyl sites for hydroxylation is 1. The molecule has 1 aromatic heterocycles. The average molecular weight is 369 g/mol. The van der Waals surface area contributed by atoms with Gasteiger partial charge < -0.3 is 5.11 Å². The van der Waals surface area contributed by atoms with Crippen LogP contribution in [0.1, 0.15) is 80.4 Å². The lowest BCUT2D eigenvalue weighted by atomic mass is 9.89. The summed E-state index contributed by atoms with van der Waals surface area (Å²) in [6.45, 7) is 2.20. The van der Waals surface area contributed by atoms with E-state index < -0.39 is 0 Å². The molecule has 1 N–H and O–H groups in total. The molecule has 1 heterocycles. The minimum absolute atomic E-state index is 0.310. The Labute approximate surface area is 162 Å². The zero-order valence-corrected chi connectivity index (χ0v) is 16.8. The van der Waals surface area contributed by atoms with Crippen LogP contribution in [0.2, 0.25) is 0 Å². The number of hydrogen-bond acceptors (Lipinski definition) is 2. The second-order valence-electron chi connectivity index (χ2n) is 7.54. The molecular weight excluding hydrogens is 336 g/mol. The first-order valence-electron chi connectivity index (χ1n) is 10.3. The molecule has 0 amide bonds. The van der Waals surface area contributed by atoms with E-state index in [-0.39, 0.29) is 6.10 Å². The van der Waals surface area contributed by atoms with Crippen molar-refractivity contribution in [2.75, 3.05) is 0 Å². The van der Waals surface area contributed by atoms with Crippen LogP contribution in [0.15, 0.2) is 47.9 Å². The number of unbranched alkanes of at least 4 members (excludes halogenated alkanes) is 2. The van der Waals surface area contributed by atoms with Gasteiger partial charge in [0.25, 0.3) is 0 Å². The van der Waals surface area contributed by atoms with Crippen molar-refractivity contribution in [2.45, 2.75) is 70.8 Å². The van der Waals surface area contributed by atoms with Gasteiger partial charge in [-0.15, -0.1) is 11.3 Å². The van der Waals surface area contributed by atoms with Gasteiger partial charge in [-0.05, 0) is 72.6 Å². The van der Waals surface area contributed by atoms with Crippen LogP contribution >= 0.6 is 11.3 Å². The van der Waals surface area contributed by atoms with Crippen LogP contribution in [0.25, 0.3) is 5.57 Å². The Kier molecular flexibility index (Phi) is 7.52. The van der Waals surface area contributed by atoms with Crippen molar-refractivity contribution in [2.24, 2.45) is 5.92 Å². The minimum Gasteiger partial charge on any atom is -0.388 e. The molecule has 0 aliphatic heterocycles. The molecule has 1 aromatic carbocycles. The van der Waals surface area contributed by atoms with E-state index in [1.807, 2.05) is 11.3 Å². The van der Waals surface area contributed by atoms with Crippen molar-refractivity contribution >= 4 is 16.9 Å². The lowest BCUT2D eigenvalue weighted by Crippen LogP contribution is -2.01. The van der Waals surface area contributed by atoms with E-state index in [2.05, 4.69) is 54.8 Å². The third kappa shape index (κ3) is 5.31. The lowest BCUT2D eigenvalue weighted by molar-refractivity contribution is 0.163. The Morgan fingerprint density at radius 3 is 2.69 bits per heavy atom. The Morgan fingerprint density at radius 2 is 1.96 bits per heavy atom. The molecule has 26 heavy (non-hydrogen) atoms. The topological polar surface area (TPSA) is 20.2 Å². The Morgan fingerprint density at radius 1 is 1.12 bits per heavy atom. The van der Waals surface area contributed by atoms with E-state index in [1.165, 1.54) is 61.0 Å². The SMILES string of the molecule is CCCCC[C@H](O)c1ccc(C2=CCCC2CCCc2cccs2)cc1. The molecule has 1 nitrogen and oxygen atoms in total. The highest BCUT2D eigenvalue weighted by Crippen LogP contribution is 2.37. The van der Waals surface area contributed by atoms with Crippen molar-refractivity contribution < 1.29 is 5.11 Å². The normalized spacial score (nSPS) is 18.1. The number of aliphatic hydroxyl groups is 1. The molecule has 0 fully saturated rings. The van der Waals surface area contributed by atoms with Crippen LogP contribution in [0.3, 0.4) is 0 Å². The van der Waals surface area contributed by atoms with Crippen molar-refractivity contribution in [3.63, 3.8) is 0 Å². The molecule has 3 rings (SSSR count). The number of rotatable bonds is 10. The van der Waals surface area contributed by atoms with E-state index >= 15 is 0 Å². The molecule has 0 saturated heterocycles. The van der Waals surface area contributed by atoms with Gasteiger partial charge >= 0.3 is 0 Å². The maximum Gasteiger partial charge on any atom is 0.0790 e. The number of thiophene rings is 1. The van der Waals surface area contributed by atoms with Gasteiger partial charge in [-0.2, -0.15) is 0 Å². The largest absolute Gasteiger partial charge is 0.388 e. The zero-order valence-electron chi connectivity index (χ0n) is 16.0. The van der Waals surface area contributed by atoms with E-state index in [9.17, 15) is 5.11 Å². The van der Waals surface area contributed by atoms with Crippen LogP contribution < -0.4 is 0 Å². The second-order valence-corrected chi connectivity index (χ2v) is 8.57. The van der Waals surface area contributed by atoms with Gasteiger partial charge in [0.2, 0.25) is 0 Å². The quantitative estimate of drug-likeness (QED) is 0.440. The fraction of sp³-hybridized carbons (Fsp3) is 0.500. The lowest BCUT2D eigenvalue weighted by Gasteiger charge is -2.16. The fourth-order valence-corrected chi connectivity index (χ4v) is 4.80. The van der Waals surface area contributed by atoms with Gasteiger partial charge in [0.05, 0.1) is 6.10 Å². The summed E-state index contributed by atoms with van der Waals surface area (Å²) in [6.07, 6.45) is 12.8. The number of hydrogen-bond donors (Lipinski definition) is 1. The summed E-state index contributed by atoms with van der Waals surface area (Å²) in [4.78, 5) is 1.51. The minimum atomic E-state index is -0.310. The highest BCUT2D eigenvalue weighted by atomic mass is 32.1. The summed E-state index contributed by atoms with van der Waals surface area (Å²) >= 11 is 1.88. The molecule has 2 aromatic rings. The van der Waals surface area contributed by atoms with Crippen molar-refractivity contribution in [1.82, 2.24) is 0 Å². The van der Waals surface area contributed by atoms with Crippen molar-refractivity contribution in [3.05, 3.63) is 63.9 Å². The summed E-state index contributed by atoms with van der Waals surface area (Å²) in [5.41, 5.74) is 3.95. The van der Waals surface area contributed by atoms with E-state index in [0.29, 0.717) is 5.92 Å². The molecule has 0 spiro atoms. The van der Waals surface area contributed by atoms with E-state index in [4.69, 9.17) is 0 Å². The molecule has 1 aliphatic rings.